The third-order valence-electron chi connectivity index (χ3n) is 4.14. The Bertz CT molecular complexity index is 1030. The monoisotopic (exact) mass is 468 g/mol. The number of sulfonamides is 1. The lowest BCUT2D eigenvalue weighted by molar-refractivity contribution is 0.102. The lowest BCUT2D eigenvalue weighted by Crippen LogP contribution is -2.30. The molecule has 2 atom stereocenters. The predicted molar refractivity (Wildman–Crippen MR) is 104 cm³/mol. The van der Waals surface area contributed by atoms with Crippen LogP contribution < -0.4 is 5.32 Å². The molecular weight excluding hydrogens is 457 g/mol. The number of hydrogen-bond acceptors (Lipinski definition) is 3. The molecule has 28 heavy (non-hydrogen) atoms. The molecule has 1 heterocycles. The highest BCUT2D eigenvalue weighted by Gasteiger charge is 2.39. The number of carbonyl (C=O) groups excluding carboxylic acids is 1. The first-order valence-corrected chi connectivity index (χ1v) is 10.6. The Labute approximate surface area is 175 Å². The van der Waals surface area contributed by atoms with Gasteiger partial charge in [-0.2, -0.15) is 4.31 Å². The van der Waals surface area contributed by atoms with Crippen molar-refractivity contribution < 1.29 is 22.0 Å². The summed E-state index contributed by atoms with van der Waals surface area (Å²) in [6, 6.07) is 7.27. The Morgan fingerprint density at radius 2 is 1.82 bits per heavy atom. The number of nitrogens with zero attached hydrogens (tertiary/aromatic N) is 1. The van der Waals surface area contributed by atoms with Gasteiger partial charge in [-0.05, 0) is 36.4 Å². The summed E-state index contributed by atoms with van der Waals surface area (Å²) in [7, 11) is -4.15. The van der Waals surface area contributed by atoms with E-state index in [1.54, 1.807) is 0 Å². The zero-order valence-electron chi connectivity index (χ0n) is 14.0. The minimum atomic E-state index is -4.15. The number of hydrogen-bond donors (Lipinski definition) is 1. The summed E-state index contributed by atoms with van der Waals surface area (Å²) in [6.45, 7) is -0.594. The van der Waals surface area contributed by atoms with Gasteiger partial charge in [-0.3, -0.25) is 4.79 Å². The minimum absolute atomic E-state index is 0.0122. The van der Waals surface area contributed by atoms with Crippen molar-refractivity contribution in [3.63, 3.8) is 0 Å². The SMILES string of the molecule is O=C(Nc1ccc(F)c(Cl)c1)c1ccc(Cl)c(S(=O)(=O)N2CC(F)C(Cl)C2)c1. The van der Waals surface area contributed by atoms with Crippen LogP contribution in [-0.2, 0) is 10.0 Å². The second-order valence-electron chi connectivity index (χ2n) is 6.08. The van der Waals surface area contributed by atoms with Gasteiger partial charge in [0.2, 0.25) is 10.0 Å². The fraction of sp³-hybridized carbons (Fsp3) is 0.235. The van der Waals surface area contributed by atoms with Crippen LogP contribution in [0.1, 0.15) is 10.4 Å². The molecule has 0 radical (unpaired) electrons. The van der Waals surface area contributed by atoms with Crippen LogP contribution in [-0.4, -0.2) is 43.3 Å². The van der Waals surface area contributed by atoms with E-state index in [1.807, 2.05) is 0 Å². The molecule has 0 bridgehead atoms. The molecule has 0 spiro atoms. The number of benzene rings is 2. The molecule has 1 saturated heterocycles. The predicted octanol–water partition coefficient (Wildman–Crippen LogP) is 4.33. The molecule has 0 saturated carbocycles. The van der Waals surface area contributed by atoms with Crippen molar-refractivity contribution in [1.29, 1.82) is 0 Å². The Morgan fingerprint density at radius 3 is 2.43 bits per heavy atom. The fourth-order valence-corrected chi connectivity index (χ4v) is 5.13. The molecule has 5 nitrogen and oxygen atoms in total. The third-order valence-corrected chi connectivity index (χ3v) is 7.15. The highest BCUT2D eigenvalue weighted by molar-refractivity contribution is 7.89. The summed E-state index contributed by atoms with van der Waals surface area (Å²) >= 11 is 17.5. The highest BCUT2D eigenvalue weighted by atomic mass is 35.5. The number of alkyl halides is 2. The molecule has 1 aliphatic heterocycles. The van der Waals surface area contributed by atoms with Crippen molar-refractivity contribution in [3.8, 4) is 0 Å². The summed E-state index contributed by atoms with van der Waals surface area (Å²) in [5.74, 6) is -1.30. The largest absolute Gasteiger partial charge is 0.322 e. The number of anilines is 1. The lowest BCUT2D eigenvalue weighted by atomic mass is 10.2. The smallest absolute Gasteiger partial charge is 0.255 e. The molecule has 1 amide bonds. The molecule has 1 aliphatic rings. The van der Waals surface area contributed by atoms with E-state index >= 15 is 0 Å². The van der Waals surface area contributed by atoms with Gasteiger partial charge < -0.3 is 5.32 Å². The quantitative estimate of drug-likeness (QED) is 0.678. The van der Waals surface area contributed by atoms with Crippen molar-refractivity contribution in [3.05, 3.63) is 57.8 Å². The van der Waals surface area contributed by atoms with Crippen LogP contribution in [0.2, 0.25) is 10.0 Å². The normalized spacial score (nSPS) is 20.3. The van der Waals surface area contributed by atoms with Crippen molar-refractivity contribution in [2.24, 2.45) is 0 Å². The molecule has 2 unspecified atom stereocenters. The maximum Gasteiger partial charge on any atom is 0.255 e. The number of rotatable bonds is 4. The third kappa shape index (κ3) is 4.26. The number of carbonyl (C=O) groups is 1. The number of amides is 1. The molecular formula is C17H13Cl3F2N2O3S. The highest BCUT2D eigenvalue weighted by Crippen LogP contribution is 2.30. The van der Waals surface area contributed by atoms with E-state index in [0.717, 1.165) is 16.4 Å². The Hall–Kier alpha value is -1.45. The molecule has 1 fully saturated rings. The average molecular weight is 470 g/mol. The van der Waals surface area contributed by atoms with Crippen LogP contribution in [0.15, 0.2) is 41.3 Å². The van der Waals surface area contributed by atoms with E-state index in [0.29, 0.717) is 0 Å². The van der Waals surface area contributed by atoms with Gasteiger partial charge in [-0.15, -0.1) is 11.6 Å². The summed E-state index contributed by atoms with van der Waals surface area (Å²) in [6.07, 6.45) is -1.50. The Balaban J connectivity index is 1.88. The van der Waals surface area contributed by atoms with E-state index in [9.17, 15) is 22.0 Å². The van der Waals surface area contributed by atoms with Gasteiger partial charge in [0.15, 0.2) is 0 Å². The second kappa shape index (κ2) is 8.12. The molecule has 11 heteroatoms. The zero-order chi connectivity index (χ0) is 20.6. The summed E-state index contributed by atoms with van der Waals surface area (Å²) < 4.78 is 53.3. The topological polar surface area (TPSA) is 66.5 Å². The number of halogens is 5. The molecule has 1 N–H and O–H groups in total. The van der Waals surface area contributed by atoms with E-state index in [1.165, 1.54) is 24.3 Å². The maximum atomic E-state index is 13.7. The van der Waals surface area contributed by atoms with Crippen molar-refractivity contribution in [1.82, 2.24) is 4.31 Å². The van der Waals surface area contributed by atoms with Gasteiger partial charge in [-0.25, -0.2) is 17.2 Å². The van der Waals surface area contributed by atoms with Gasteiger partial charge in [0.05, 0.1) is 15.4 Å². The molecule has 2 aromatic rings. The lowest BCUT2D eigenvalue weighted by Gasteiger charge is -2.17. The maximum absolute atomic E-state index is 13.7. The van der Waals surface area contributed by atoms with Crippen LogP contribution in [0.5, 0.6) is 0 Å². The first-order chi connectivity index (χ1) is 13.1. The van der Waals surface area contributed by atoms with Crippen LogP contribution >= 0.6 is 34.8 Å². The van der Waals surface area contributed by atoms with Gasteiger partial charge in [0.25, 0.3) is 5.91 Å². The molecule has 150 valence electrons. The molecule has 2 aromatic carbocycles. The van der Waals surface area contributed by atoms with E-state index in [-0.39, 0.29) is 32.7 Å². The average Bonchev–Trinajstić information content (AvgIpc) is 2.98. The zero-order valence-corrected chi connectivity index (χ0v) is 17.1. The summed E-state index contributed by atoms with van der Waals surface area (Å²) in [4.78, 5) is 12.1. The molecule has 3 rings (SSSR count). The van der Waals surface area contributed by atoms with Gasteiger partial charge in [0, 0.05) is 24.3 Å². The van der Waals surface area contributed by atoms with Crippen LogP contribution in [0.25, 0.3) is 0 Å². The standard InChI is InChI=1S/C17H13Cl3F2N2O3S/c18-11-3-1-9(17(25)23-10-2-4-14(21)12(19)6-10)5-16(11)28(26,27)24-7-13(20)15(22)8-24/h1-6,13,15H,7-8H2,(H,23,25). The fourth-order valence-electron chi connectivity index (χ4n) is 2.65. The van der Waals surface area contributed by atoms with Crippen molar-refractivity contribution in [2.75, 3.05) is 18.4 Å². The van der Waals surface area contributed by atoms with Gasteiger partial charge in [0.1, 0.15) is 16.9 Å². The van der Waals surface area contributed by atoms with E-state index in [2.05, 4.69) is 5.32 Å². The van der Waals surface area contributed by atoms with Crippen molar-refractivity contribution >= 4 is 56.4 Å². The van der Waals surface area contributed by atoms with Crippen LogP contribution in [0, 0.1) is 5.82 Å². The van der Waals surface area contributed by atoms with Crippen LogP contribution in [0.4, 0.5) is 14.5 Å². The van der Waals surface area contributed by atoms with E-state index in [4.69, 9.17) is 34.8 Å². The Kier molecular flexibility index (Phi) is 6.17. The number of nitrogens with one attached hydrogen (secondary N) is 1. The van der Waals surface area contributed by atoms with Gasteiger partial charge in [-0.1, -0.05) is 23.2 Å². The van der Waals surface area contributed by atoms with Gasteiger partial charge >= 0.3 is 0 Å². The minimum Gasteiger partial charge on any atom is -0.322 e. The first-order valence-electron chi connectivity index (χ1n) is 7.94. The first kappa shape index (κ1) is 21.3. The molecule has 0 aliphatic carbocycles. The molecule has 0 aromatic heterocycles. The van der Waals surface area contributed by atoms with E-state index < -0.39 is 39.8 Å². The second-order valence-corrected chi connectivity index (χ2v) is 9.36. The van der Waals surface area contributed by atoms with Crippen LogP contribution in [0.3, 0.4) is 0 Å². The van der Waals surface area contributed by atoms with Crippen molar-refractivity contribution in [2.45, 2.75) is 16.4 Å². The summed E-state index contributed by atoms with van der Waals surface area (Å²) in [5.41, 5.74) is 0.211. The summed E-state index contributed by atoms with van der Waals surface area (Å²) in [5, 5.41) is 1.24. The Morgan fingerprint density at radius 1 is 1.11 bits per heavy atom.